The summed E-state index contributed by atoms with van der Waals surface area (Å²) in [5, 5.41) is 7.69. The zero-order valence-electron chi connectivity index (χ0n) is 16.6. The van der Waals surface area contributed by atoms with Crippen LogP contribution in [0.2, 0.25) is 0 Å². The second-order valence-electron chi connectivity index (χ2n) is 6.64. The zero-order valence-corrected chi connectivity index (χ0v) is 19.8. The number of para-hydroxylation sites is 1. The lowest BCUT2D eigenvalue weighted by Gasteiger charge is -2.14. The van der Waals surface area contributed by atoms with Crippen LogP contribution < -0.4 is 10.6 Å². The first-order valence-corrected chi connectivity index (χ1v) is 10.8. The summed E-state index contributed by atoms with van der Waals surface area (Å²) in [5.41, 5.74) is 3.84. The Labute approximate surface area is 188 Å². The lowest BCUT2D eigenvalue weighted by Crippen LogP contribution is -2.36. The van der Waals surface area contributed by atoms with E-state index in [9.17, 15) is 8.42 Å². The van der Waals surface area contributed by atoms with Crippen molar-refractivity contribution in [3.8, 4) is 0 Å². The molecule has 2 aromatic carbocycles. The van der Waals surface area contributed by atoms with Crippen molar-refractivity contribution >= 4 is 50.7 Å². The number of hydrogen-bond donors (Lipinski definition) is 2. The van der Waals surface area contributed by atoms with Gasteiger partial charge in [0.1, 0.15) is 0 Å². The van der Waals surface area contributed by atoms with E-state index >= 15 is 0 Å². The SMILES string of the molecule is CN=C(NCc1ccc(S(C)(=O)=O)c(C)c1)NCc1ccnc2ccccc12.I. The number of aliphatic imine (C=N–C) groups is 1. The topological polar surface area (TPSA) is 83.5 Å². The Morgan fingerprint density at radius 1 is 1.07 bits per heavy atom. The number of hydrogen-bond acceptors (Lipinski definition) is 4. The molecule has 1 heterocycles. The number of rotatable bonds is 5. The van der Waals surface area contributed by atoms with Crippen molar-refractivity contribution in [3.05, 3.63) is 71.4 Å². The van der Waals surface area contributed by atoms with E-state index in [4.69, 9.17) is 0 Å². The third-order valence-corrected chi connectivity index (χ3v) is 5.77. The lowest BCUT2D eigenvalue weighted by molar-refractivity contribution is 0.601. The molecule has 0 saturated carbocycles. The van der Waals surface area contributed by atoms with Crippen LogP contribution in [0.25, 0.3) is 10.9 Å². The molecular formula is C21H25IN4O2S. The molecule has 0 radical (unpaired) electrons. The highest BCUT2D eigenvalue weighted by molar-refractivity contribution is 14.0. The number of benzene rings is 2. The standard InChI is InChI=1S/C21H24N4O2S.HI/c1-15-12-16(8-9-20(15)28(3,26)27)13-24-21(22-2)25-14-17-10-11-23-19-7-5-4-6-18(17)19;/h4-12H,13-14H2,1-3H3,(H2,22,24,25);1H. The Morgan fingerprint density at radius 2 is 1.79 bits per heavy atom. The van der Waals surface area contributed by atoms with Gasteiger partial charge in [-0.25, -0.2) is 8.42 Å². The Bertz CT molecular complexity index is 1130. The largest absolute Gasteiger partial charge is 0.352 e. The summed E-state index contributed by atoms with van der Waals surface area (Å²) in [6.07, 6.45) is 3.03. The van der Waals surface area contributed by atoms with E-state index in [0.717, 1.165) is 27.6 Å². The van der Waals surface area contributed by atoms with Crippen LogP contribution in [-0.4, -0.2) is 32.7 Å². The second kappa shape index (κ2) is 10.0. The monoisotopic (exact) mass is 524 g/mol. The Kier molecular flexibility index (Phi) is 7.97. The maximum Gasteiger partial charge on any atom is 0.191 e. The molecule has 3 aromatic rings. The molecule has 2 N–H and O–H groups in total. The molecule has 0 aliphatic carbocycles. The highest BCUT2D eigenvalue weighted by Crippen LogP contribution is 2.17. The molecule has 0 atom stereocenters. The summed E-state index contributed by atoms with van der Waals surface area (Å²) < 4.78 is 23.5. The molecule has 0 aliphatic heterocycles. The number of nitrogens with one attached hydrogen (secondary N) is 2. The summed E-state index contributed by atoms with van der Waals surface area (Å²) >= 11 is 0. The van der Waals surface area contributed by atoms with Crippen LogP contribution in [0.5, 0.6) is 0 Å². The Balaban J connectivity index is 0.00000300. The van der Waals surface area contributed by atoms with Crippen molar-refractivity contribution in [2.75, 3.05) is 13.3 Å². The van der Waals surface area contributed by atoms with Crippen molar-refractivity contribution in [2.24, 2.45) is 4.99 Å². The summed E-state index contributed by atoms with van der Waals surface area (Å²) in [5.74, 6) is 0.672. The third kappa shape index (κ3) is 5.89. The van der Waals surface area contributed by atoms with Crippen LogP contribution in [0.1, 0.15) is 16.7 Å². The van der Waals surface area contributed by atoms with E-state index in [1.54, 1.807) is 13.1 Å². The van der Waals surface area contributed by atoms with E-state index in [2.05, 4.69) is 26.7 Å². The second-order valence-corrected chi connectivity index (χ2v) is 8.62. The van der Waals surface area contributed by atoms with E-state index in [-0.39, 0.29) is 24.0 Å². The van der Waals surface area contributed by atoms with Gasteiger partial charge in [0.2, 0.25) is 0 Å². The van der Waals surface area contributed by atoms with Gasteiger partial charge in [0.05, 0.1) is 10.4 Å². The van der Waals surface area contributed by atoms with E-state index in [1.807, 2.05) is 49.5 Å². The van der Waals surface area contributed by atoms with Gasteiger partial charge in [0, 0.05) is 38.0 Å². The molecule has 3 rings (SSSR count). The first kappa shape index (κ1) is 23.1. The van der Waals surface area contributed by atoms with E-state index in [0.29, 0.717) is 23.9 Å². The molecule has 0 bridgehead atoms. The maximum absolute atomic E-state index is 11.7. The highest BCUT2D eigenvalue weighted by atomic mass is 127. The van der Waals surface area contributed by atoms with Crippen LogP contribution in [-0.2, 0) is 22.9 Å². The average molecular weight is 524 g/mol. The normalized spacial score (nSPS) is 11.8. The van der Waals surface area contributed by atoms with Gasteiger partial charge in [-0.1, -0.05) is 30.3 Å². The molecule has 8 heteroatoms. The molecule has 0 fully saturated rings. The summed E-state index contributed by atoms with van der Waals surface area (Å²) in [4.78, 5) is 9.01. The van der Waals surface area contributed by atoms with Crippen LogP contribution in [0.3, 0.4) is 0 Å². The molecule has 0 spiro atoms. The number of halogens is 1. The van der Waals surface area contributed by atoms with Gasteiger partial charge in [-0.3, -0.25) is 9.98 Å². The minimum atomic E-state index is -3.21. The van der Waals surface area contributed by atoms with Gasteiger partial charge in [0.25, 0.3) is 0 Å². The Morgan fingerprint density at radius 3 is 2.48 bits per heavy atom. The summed E-state index contributed by atoms with van der Waals surface area (Å²) in [6, 6.07) is 15.4. The molecular weight excluding hydrogens is 499 g/mol. The van der Waals surface area contributed by atoms with Gasteiger partial charge < -0.3 is 10.6 Å². The predicted molar refractivity (Wildman–Crippen MR) is 128 cm³/mol. The number of aryl methyl sites for hydroxylation is 1. The van der Waals surface area contributed by atoms with Crippen LogP contribution in [0, 0.1) is 6.92 Å². The van der Waals surface area contributed by atoms with Crippen molar-refractivity contribution in [1.29, 1.82) is 0 Å². The van der Waals surface area contributed by atoms with Crippen molar-refractivity contribution in [2.45, 2.75) is 24.9 Å². The molecule has 0 aliphatic rings. The minimum absolute atomic E-state index is 0. The van der Waals surface area contributed by atoms with Crippen molar-refractivity contribution in [1.82, 2.24) is 15.6 Å². The van der Waals surface area contributed by atoms with E-state index < -0.39 is 9.84 Å². The van der Waals surface area contributed by atoms with Gasteiger partial charge in [-0.05, 0) is 41.8 Å². The molecule has 0 unspecified atom stereocenters. The van der Waals surface area contributed by atoms with Gasteiger partial charge in [0.15, 0.2) is 15.8 Å². The predicted octanol–water partition coefficient (Wildman–Crippen LogP) is 3.43. The zero-order chi connectivity index (χ0) is 20.1. The lowest BCUT2D eigenvalue weighted by atomic mass is 10.1. The third-order valence-electron chi connectivity index (χ3n) is 4.51. The minimum Gasteiger partial charge on any atom is -0.352 e. The van der Waals surface area contributed by atoms with Gasteiger partial charge in [-0.15, -0.1) is 24.0 Å². The summed E-state index contributed by atoms with van der Waals surface area (Å²) in [6.45, 7) is 2.97. The average Bonchev–Trinajstić information content (AvgIpc) is 2.67. The van der Waals surface area contributed by atoms with Gasteiger partial charge in [-0.2, -0.15) is 0 Å². The smallest absolute Gasteiger partial charge is 0.191 e. The van der Waals surface area contributed by atoms with Crippen molar-refractivity contribution < 1.29 is 8.42 Å². The first-order valence-electron chi connectivity index (χ1n) is 8.95. The quantitative estimate of drug-likeness (QED) is 0.304. The number of nitrogens with zero attached hydrogens (tertiary/aromatic N) is 2. The number of sulfone groups is 1. The van der Waals surface area contributed by atoms with E-state index in [1.165, 1.54) is 6.26 Å². The molecule has 0 amide bonds. The van der Waals surface area contributed by atoms with Crippen molar-refractivity contribution in [3.63, 3.8) is 0 Å². The van der Waals surface area contributed by atoms with Crippen LogP contribution in [0.4, 0.5) is 0 Å². The number of guanidine groups is 1. The molecule has 0 saturated heterocycles. The molecule has 1 aromatic heterocycles. The molecule has 154 valence electrons. The maximum atomic E-state index is 11.7. The highest BCUT2D eigenvalue weighted by Gasteiger charge is 2.11. The fraction of sp³-hybridized carbons (Fsp3) is 0.238. The number of pyridine rings is 1. The fourth-order valence-corrected chi connectivity index (χ4v) is 4.09. The van der Waals surface area contributed by atoms with Gasteiger partial charge >= 0.3 is 0 Å². The molecule has 29 heavy (non-hydrogen) atoms. The molecule has 6 nitrogen and oxygen atoms in total. The Hall–Kier alpha value is -2.20. The van der Waals surface area contributed by atoms with Crippen LogP contribution >= 0.6 is 24.0 Å². The summed E-state index contributed by atoms with van der Waals surface area (Å²) in [7, 11) is -1.48. The first-order chi connectivity index (χ1) is 13.4. The fourth-order valence-electron chi connectivity index (χ4n) is 3.13. The van der Waals surface area contributed by atoms with Crippen LogP contribution in [0.15, 0.2) is 64.6 Å². The number of fused-ring (bicyclic) bond motifs is 1. The number of aromatic nitrogens is 1.